The largest absolute Gasteiger partial charge is 0.488 e. The number of carbonyl (C=O) groups is 1. The fourth-order valence-electron chi connectivity index (χ4n) is 4.17. The topological polar surface area (TPSA) is 95.9 Å². The van der Waals surface area contributed by atoms with Crippen molar-refractivity contribution in [3.63, 3.8) is 0 Å². The number of sulfonamides is 1. The van der Waals surface area contributed by atoms with E-state index in [1.165, 1.54) is 22.3 Å². The van der Waals surface area contributed by atoms with E-state index in [1.54, 1.807) is 11.3 Å². The Morgan fingerprint density at radius 3 is 2.74 bits per heavy atom. The molecule has 2 aliphatic rings. The number of fused-ring (bicyclic) bond motifs is 2. The first kappa shape index (κ1) is 22.0. The molecule has 1 fully saturated rings. The van der Waals surface area contributed by atoms with Gasteiger partial charge in [0.2, 0.25) is 10.0 Å². The minimum Gasteiger partial charge on any atom is -0.488 e. The van der Waals surface area contributed by atoms with Crippen LogP contribution in [0.3, 0.4) is 0 Å². The van der Waals surface area contributed by atoms with Crippen molar-refractivity contribution in [2.75, 3.05) is 32.4 Å². The molecule has 1 aromatic heterocycles. The van der Waals surface area contributed by atoms with Gasteiger partial charge in [-0.05, 0) is 42.0 Å². The van der Waals surface area contributed by atoms with Crippen LogP contribution >= 0.6 is 11.3 Å². The van der Waals surface area contributed by atoms with Crippen LogP contribution in [0.4, 0.5) is 0 Å². The van der Waals surface area contributed by atoms with Gasteiger partial charge in [0.1, 0.15) is 12.4 Å². The molecule has 0 aliphatic carbocycles. The maximum Gasteiger partial charge on any atom is 0.307 e. The van der Waals surface area contributed by atoms with Gasteiger partial charge in [-0.3, -0.25) is 4.79 Å². The van der Waals surface area contributed by atoms with Crippen LogP contribution in [-0.2, 0) is 27.8 Å². The van der Waals surface area contributed by atoms with Crippen LogP contribution in [0.2, 0.25) is 0 Å². The van der Waals surface area contributed by atoms with Crippen LogP contribution in [0.5, 0.6) is 5.75 Å². The van der Waals surface area contributed by atoms with Crippen molar-refractivity contribution in [1.29, 1.82) is 0 Å². The predicted octanol–water partition coefficient (Wildman–Crippen LogP) is 2.71. The average molecular weight is 463 g/mol. The molecule has 0 spiro atoms. The van der Waals surface area contributed by atoms with Gasteiger partial charge in [0.15, 0.2) is 0 Å². The third kappa shape index (κ3) is 5.35. The van der Waals surface area contributed by atoms with Gasteiger partial charge in [-0.15, -0.1) is 11.3 Å². The highest BCUT2D eigenvalue weighted by Gasteiger charge is 2.26. The first-order chi connectivity index (χ1) is 14.8. The van der Waals surface area contributed by atoms with Gasteiger partial charge >= 0.3 is 5.97 Å². The lowest BCUT2D eigenvalue weighted by Gasteiger charge is -2.30. The monoisotopic (exact) mass is 462 g/mol. The maximum atomic E-state index is 11.3. The van der Waals surface area contributed by atoms with Crippen molar-refractivity contribution in [1.82, 2.24) is 9.62 Å². The second kappa shape index (κ2) is 9.12. The van der Waals surface area contributed by atoms with Gasteiger partial charge in [-0.2, -0.15) is 0 Å². The van der Waals surface area contributed by atoms with Crippen molar-refractivity contribution in [3.8, 4) is 5.75 Å². The predicted molar refractivity (Wildman–Crippen MR) is 121 cm³/mol. The third-order valence-electron chi connectivity index (χ3n) is 5.63. The smallest absolute Gasteiger partial charge is 0.307 e. The normalized spacial score (nSPS) is 16.9. The zero-order valence-corrected chi connectivity index (χ0v) is 19.0. The van der Waals surface area contributed by atoms with Gasteiger partial charge in [0.25, 0.3) is 0 Å². The van der Waals surface area contributed by atoms with Gasteiger partial charge in [-0.25, -0.2) is 13.1 Å². The van der Waals surface area contributed by atoms with E-state index in [0.717, 1.165) is 48.4 Å². The highest BCUT2D eigenvalue weighted by Crippen LogP contribution is 2.43. The molecule has 31 heavy (non-hydrogen) atoms. The molecule has 0 amide bonds. The van der Waals surface area contributed by atoms with E-state index < -0.39 is 16.0 Å². The molecule has 0 saturated carbocycles. The van der Waals surface area contributed by atoms with Crippen LogP contribution in [0, 0.1) is 0 Å². The lowest BCUT2D eigenvalue weighted by molar-refractivity contribution is -0.136. The molecule has 2 aromatic rings. The second-order valence-electron chi connectivity index (χ2n) is 7.95. The molecule has 7 nitrogen and oxygen atoms in total. The van der Waals surface area contributed by atoms with E-state index in [0.29, 0.717) is 19.7 Å². The number of piperidine rings is 1. The number of nitrogens with one attached hydrogen (secondary N) is 1. The van der Waals surface area contributed by atoms with Gasteiger partial charge < -0.3 is 14.7 Å². The Bertz CT molecular complexity index is 1110. The summed E-state index contributed by atoms with van der Waals surface area (Å²) in [6.07, 6.45) is 2.92. The summed E-state index contributed by atoms with van der Waals surface area (Å²) in [6.45, 7) is 3.31. The number of likely N-dealkylation sites (tertiary alicyclic amines) is 1. The Labute approximate surface area is 186 Å². The van der Waals surface area contributed by atoms with E-state index in [2.05, 4.69) is 21.1 Å². The quantitative estimate of drug-likeness (QED) is 0.685. The van der Waals surface area contributed by atoms with E-state index in [-0.39, 0.29) is 6.42 Å². The fourth-order valence-corrected chi connectivity index (χ4v) is 5.65. The SMILES string of the molecule is CS(=O)(=O)NCCN1CCC(=C2c3cc(CC(=O)O)ccc3OCc3ccsc32)CC1. The fraction of sp³-hybridized carbons (Fsp3) is 0.409. The number of thiophene rings is 1. The molecule has 0 atom stereocenters. The number of rotatable bonds is 6. The standard InChI is InChI=1S/C22H26N2O5S2/c1-31(27,28)23-7-10-24-8-4-16(5-9-24)21-18-12-15(13-20(25)26)2-3-19(18)29-14-17-6-11-30-22(17)21/h2-3,6,11-12,23H,4-5,7-10,13-14H2,1H3,(H,25,26). The number of hydrogen-bond donors (Lipinski definition) is 2. The Kier molecular flexibility index (Phi) is 6.47. The average Bonchev–Trinajstić information content (AvgIpc) is 3.10. The Morgan fingerprint density at radius 2 is 2.03 bits per heavy atom. The van der Waals surface area contributed by atoms with Crippen LogP contribution in [-0.4, -0.2) is 56.8 Å². The summed E-state index contributed by atoms with van der Waals surface area (Å²) >= 11 is 1.70. The number of carboxylic acid groups (broad SMARTS) is 1. The molecule has 166 valence electrons. The summed E-state index contributed by atoms with van der Waals surface area (Å²) in [5, 5.41) is 11.3. The summed E-state index contributed by atoms with van der Waals surface area (Å²) in [5.74, 6) is -0.0589. The number of aliphatic carboxylic acids is 1. The Morgan fingerprint density at radius 1 is 1.26 bits per heavy atom. The summed E-state index contributed by atoms with van der Waals surface area (Å²) in [4.78, 5) is 14.7. The van der Waals surface area contributed by atoms with E-state index >= 15 is 0 Å². The molecule has 1 aromatic carbocycles. The second-order valence-corrected chi connectivity index (χ2v) is 10.7. The van der Waals surface area contributed by atoms with Crippen molar-refractivity contribution in [2.45, 2.75) is 25.9 Å². The Hall–Kier alpha value is -2.20. The first-order valence-corrected chi connectivity index (χ1v) is 13.0. The van der Waals surface area contributed by atoms with Crippen LogP contribution in [0.1, 0.15) is 34.4 Å². The molecular weight excluding hydrogens is 436 g/mol. The van der Waals surface area contributed by atoms with Crippen LogP contribution in [0.15, 0.2) is 35.2 Å². The maximum absolute atomic E-state index is 11.3. The zero-order chi connectivity index (χ0) is 22.0. The summed E-state index contributed by atoms with van der Waals surface area (Å²) in [7, 11) is -3.17. The molecule has 0 radical (unpaired) electrons. The number of nitrogens with zero attached hydrogens (tertiary/aromatic N) is 1. The van der Waals surface area contributed by atoms with Crippen LogP contribution in [0.25, 0.3) is 5.57 Å². The highest BCUT2D eigenvalue weighted by atomic mass is 32.2. The molecule has 0 unspecified atom stereocenters. The molecule has 2 aliphatic heterocycles. The minimum absolute atomic E-state index is 0.0195. The zero-order valence-electron chi connectivity index (χ0n) is 17.4. The van der Waals surface area contributed by atoms with Crippen molar-refractivity contribution >= 4 is 32.9 Å². The number of carboxylic acids is 1. The molecule has 4 rings (SSSR count). The first-order valence-electron chi connectivity index (χ1n) is 10.2. The van der Waals surface area contributed by atoms with Crippen molar-refractivity contribution in [2.24, 2.45) is 0 Å². The molecule has 9 heteroatoms. The lowest BCUT2D eigenvalue weighted by atomic mass is 9.90. The Balaban J connectivity index is 1.62. The molecule has 3 heterocycles. The molecular formula is C22H26N2O5S2. The summed E-state index contributed by atoms with van der Waals surface area (Å²) in [5.41, 5.74) is 5.41. The molecule has 0 bridgehead atoms. The van der Waals surface area contributed by atoms with Gasteiger partial charge in [0.05, 0.1) is 12.7 Å². The molecule has 1 saturated heterocycles. The number of hydrogen-bond acceptors (Lipinski definition) is 6. The number of benzene rings is 1. The third-order valence-corrected chi connectivity index (χ3v) is 7.33. The summed E-state index contributed by atoms with van der Waals surface area (Å²) < 4.78 is 31.2. The minimum atomic E-state index is -3.17. The van der Waals surface area contributed by atoms with Crippen LogP contribution < -0.4 is 9.46 Å². The van der Waals surface area contributed by atoms with E-state index in [1.807, 2.05) is 18.2 Å². The van der Waals surface area contributed by atoms with E-state index in [4.69, 9.17) is 4.74 Å². The van der Waals surface area contributed by atoms with Gasteiger partial charge in [-0.1, -0.05) is 11.6 Å². The van der Waals surface area contributed by atoms with Crippen molar-refractivity contribution in [3.05, 3.63) is 56.8 Å². The summed E-state index contributed by atoms with van der Waals surface area (Å²) in [6, 6.07) is 7.77. The van der Waals surface area contributed by atoms with E-state index in [9.17, 15) is 18.3 Å². The van der Waals surface area contributed by atoms with Crippen molar-refractivity contribution < 1.29 is 23.1 Å². The molecule has 2 N–H and O–H groups in total. The number of ether oxygens (including phenoxy) is 1. The lowest BCUT2D eigenvalue weighted by Crippen LogP contribution is -2.38. The highest BCUT2D eigenvalue weighted by molar-refractivity contribution is 7.88. The van der Waals surface area contributed by atoms with Gasteiger partial charge in [0, 0.05) is 47.8 Å².